The molecule has 0 aliphatic heterocycles. The lowest BCUT2D eigenvalue weighted by molar-refractivity contribution is -0.274. The number of ether oxygens (including phenoxy) is 2. The van der Waals surface area contributed by atoms with Gasteiger partial charge < -0.3 is 15.2 Å². The van der Waals surface area contributed by atoms with Crippen LogP contribution in [0.1, 0.15) is 17.4 Å². The van der Waals surface area contributed by atoms with Crippen LogP contribution >= 0.6 is 0 Å². The largest absolute Gasteiger partial charge is 0.573 e. The summed E-state index contributed by atoms with van der Waals surface area (Å²) in [4.78, 5) is 11.7. The number of hydrogen-bond donors (Lipinski definition) is 2. The second-order valence-corrected chi connectivity index (χ2v) is 4.04. The topological polar surface area (TPSA) is 103 Å². The van der Waals surface area contributed by atoms with Crippen molar-refractivity contribution < 1.29 is 27.4 Å². The molecular formula is C12H11F3N4O3. The molecule has 118 valence electrons. The Balaban J connectivity index is 2.43. The van der Waals surface area contributed by atoms with Crippen LogP contribution < -0.4 is 10.5 Å². The zero-order chi connectivity index (χ0) is 16.3. The highest BCUT2D eigenvalue weighted by Crippen LogP contribution is 2.32. The van der Waals surface area contributed by atoms with E-state index in [4.69, 9.17) is 10.5 Å². The molecule has 0 unspecified atom stereocenters. The summed E-state index contributed by atoms with van der Waals surface area (Å²) in [6.45, 7) is 1.71. The quantitative estimate of drug-likeness (QED) is 0.661. The number of rotatable bonds is 4. The van der Waals surface area contributed by atoms with E-state index < -0.39 is 18.1 Å². The van der Waals surface area contributed by atoms with Crippen LogP contribution in [0.4, 0.5) is 18.9 Å². The first-order valence-corrected chi connectivity index (χ1v) is 6.05. The first kappa shape index (κ1) is 15.6. The minimum atomic E-state index is -4.85. The minimum Gasteiger partial charge on any atom is -0.461 e. The maximum atomic E-state index is 12.3. The highest BCUT2D eigenvalue weighted by molar-refractivity contribution is 5.95. The third-order valence-corrected chi connectivity index (χ3v) is 2.53. The summed E-state index contributed by atoms with van der Waals surface area (Å²) in [5.41, 5.74) is 5.68. The average molecular weight is 316 g/mol. The lowest BCUT2D eigenvalue weighted by Crippen LogP contribution is -2.17. The number of carbonyl (C=O) groups is 1. The number of hydrogen-bond acceptors (Lipinski definition) is 6. The van der Waals surface area contributed by atoms with Crippen molar-refractivity contribution in [1.29, 1.82) is 0 Å². The van der Waals surface area contributed by atoms with Gasteiger partial charge in [-0.1, -0.05) is 0 Å². The molecule has 2 aromatic rings. The van der Waals surface area contributed by atoms with Crippen molar-refractivity contribution >= 4 is 11.7 Å². The second-order valence-electron chi connectivity index (χ2n) is 4.04. The second kappa shape index (κ2) is 5.92. The summed E-state index contributed by atoms with van der Waals surface area (Å²) >= 11 is 0. The summed E-state index contributed by atoms with van der Waals surface area (Å²) in [7, 11) is 0. The molecule has 0 spiro atoms. The van der Waals surface area contributed by atoms with Crippen LogP contribution in [-0.2, 0) is 4.74 Å². The molecule has 0 aliphatic carbocycles. The minimum absolute atomic E-state index is 0.0245. The maximum absolute atomic E-state index is 12.3. The predicted octanol–water partition coefficient (Wildman–Crippen LogP) is 2.13. The lowest BCUT2D eigenvalue weighted by atomic mass is 10.1. The van der Waals surface area contributed by atoms with E-state index in [1.165, 1.54) is 6.07 Å². The van der Waals surface area contributed by atoms with Gasteiger partial charge >= 0.3 is 12.3 Å². The fourth-order valence-corrected chi connectivity index (χ4v) is 1.70. The molecule has 1 aromatic carbocycles. The number of nitrogens with zero attached hydrogens (tertiary/aromatic N) is 2. The van der Waals surface area contributed by atoms with Crippen LogP contribution in [-0.4, -0.2) is 34.3 Å². The van der Waals surface area contributed by atoms with Gasteiger partial charge in [-0.05, 0) is 25.1 Å². The molecular weight excluding hydrogens is 305 g/mol. The van der Waals surface area contributed by atoms with E-state index in [2.05, 4.69) is 20.1 Å². The molecule has 7 nitrogen and oxygen atoms in total. The molecule has 10 heteroatoms. The highest BCUT2D eigenvalue weighted by Gasteiger charge is 2.31. The van der Waals surface area contributed by atoms with Gasteiger partial charge in [-0.3, -0.25) is 0 Å². The fourth-order valence-electron chi connectivity index (χ4n) is 1.70. The number of aromatic amines is 1. The SMILES string of the molecule is CCOC(=O)c1n[nH]nc1-c1cc(OC(F)(F)F)ccc1N. The lowest BCUT2D eigenvalue weighted by Gasteiger charge is -2.11. The van der Waals surface area contributed by atoms with Crippen LogP contribution in [0.25, 0.3) is 11.3 Å². The summed E-state index contributed by atoms with van der Waals surface area (Å²) in [6, 6.07) is 3.28. The predicted molar refractivity (Wildman–Crippen MR) is 68.9 cm³/mol. The Morgan fingerprint density at radius 2 is 2.09 bits per heavy atom. The Morgan fingerprint density at radius 3 is 2.73 bits per heavy atom. The Labute approximate surface area is 122 Å². The molecule has 0 saturated heterocycles. The van der Waals surface area contributed by atoms with Gasteiger partial charge in [0.2, 0.25) is 0 Å². The van der Waals surface area contributed by atoms with Crippen LogP contribution in [0.15, 0.2) is 18.2 Å². The highest BCUT2D eigenvalue weighted by atomic mass is 19.4. The van der Waals surface area contributed by atoms with E-state index in [1.54, 1.807) is 6.92 Å². The molecule has 0 amide bonds. The Bertz CT molecular complexity index is 684. The molecule has 0 radical (unpaired) electrons. The summed E-state index contributed by atoms with van der Waals surface area (Å²) in [6.07, 6.45) is -4.85. The van der Waals surface area contributed by atoms with Gasteiger partial charge in [0.15, 0.2) is 5.69 Å². The Hall–Kier alpha value is -2.78. The summed E-state index contributed by atoms with van der Waals surface area (Å²) in [5, 5.41) is 9.57. The number of anilines is 1. The van der Waals surface area contributed by atoms with E-state index in [1.807, 2.05) is 0 Å². The maximum Gasteiger partial charge on any atom is 0.573 e. The van der Waals surface area contributed by atoms with Gasteiger partial charge in [-0.2, -0.15) is 10.3 Å². The van der Waals surface area contributed by atoms with Crippen molar-refractivity contribution in [3.63, 3.8) is 0 Å². The van der Waals surface area contributed by atoms with E-state index in [9.17, 15) is 18.0 Å². The number of nitrogens with one attached hydrogen (secondary N) is 1. The number of esters is 1. The number of carbonyl (C=O) groups excluding carboxylic acids is 1. The van der Waals surface area contributed by atoms with Crippen LogP contribution in [0, 0.1) is 0 Å². The number of nitrogens with two attached hydrogens (primary N) is 1. The van der Waals surface area contributed by atoms with Crippen molar-refractivity contribution in [3.05, 3.63) is 23.9 Å². The van der Waals surface area contributed by atoms with Gasteiger partial charge in [0.1, 0.15) is 11.4 Å². The fraction of sp³-hybridized carbons (Fsp3) is 0.250. The first-order chi connectivity index (χ1) is 10.3. The van der Waals surface area contributed by atoms with Crippen LogP contribution in [0.2, 0.25) is 0 Å². The van der Waals surface area contributed by atoms with Crippen LogP contribution in [0.5, 0.6) is 5.75 Å². The third-order valence-electron chi connectivity index (χ3n) is 2.53. The van der Waals surface area contributed by atoms with E-state index in [-0.39, 0.29) is 29.2 Å². The van der Waals surface area contributed by atoms with Gasteiger partial charge in [-0.25, -0.2) is 4.79 Å². The molecule has 1 aromatic heterocycles. The van der Waals surface area contributed by atoms with Gasteiger partial charge in [0, 0.05) is 11.3 Å². The number of benzene rings is 1. The van der Waals surface area contributed by atoms with Gasteiger partial charge in [0.25, 0.3) is 0 Å². The van der Waals surface area contributed by atoms with Crippen molar-refractivity contribution in [3.8, 4) is 17.0 Å². The number of alkyl halides is 3. The first-order valence-electron chi connectivity index (χ1n) is 6.05. The molecule has 0 saturated carbocycles. The molecule has 1 heterocycles. The van der Waals surface area contributed by atoms with Crippen molar-refractivity contribution in [1.82, 2.24) is 15.4 Å². The van der Waals surface area contributed by atoms with E-state index in [0.29, 0.717) is 0 Å². The monoisotopic (exact) mass is 316 g/mol. The van der Waals surface area contributed by atoms with Gasteiger partial charge in [-0.15, -0.1) is 18.3 Å². The van der Waals surface area contributed by atoms with Gasteiger partial charge in [0.05, 0.1) is 6.61 Å². The van der Waals surface area contributed by atoms with Crippen LogP contribution in [0.3, 0.4) is 0 Å². The Morgan fingerprint density at radius 1 is 1.36 bits per heavy atom. The molecule has 22 heavy (non-hydrogen) atoms. The zero-order valence-electron chi connectivity index (χ0n) is 11.3. The standard InChI is InChI=1S/C12H11F3N4O3/c1-2-21-11(20)10-9(17-19-18-10)7-5-6(3-4-8(7)16)22-12(13,14)15/h3-5H,2,16H2,1H3,(H,17,18,19). The number of aromatic nitrogens is 3. The average Bonchev–Trinajstić information content (AvgIpc) is 2.89. The number of halogens is 3. The molecule has 3 N–H and O–H groups in total. The molecule has 0 aliphatic rings. The molecule has 0 bridgehead atoms. The van der Waals surface area contributed by atoms with Crippen molar-refractivity contribution in [2.45, 2.75) is 13.3 Å². The Kier molecular flexibility index (Phi) is 4.20. The normalized spacial score (nSPS) is 11.3. The smallest absolute Gasteiger partial charge is 0.461 e. The summed E-state index contributed by atoms with van der Waals surface area (Å²) in [5.74, 6) is -1.26. The zero-order valence-corrected chi connectivity index (χ0v) is 11.3. The number of nitrogen functional groups attached to an aromatic ring is 1. The van der Waals surface area contributed by atoms with E-state index in [0.717, 1.165) is 12.1 Å². The molecule has 2 rings (SSSR count). The number of H-pyrrole nitrogens is 1. The molecule has 0 fully saturated rings. The third kappa shape index (κ3) is 3.45. The molecule has 0 atom stereocenters. The van der Waals surface area contributed by atoms with Crippen molar-refractivity contribution in [2.24, 2.45) is 0 Å². The van der Waals surface area contributed by atoms with Crippen molar-refractivity contribution in [2.75, 3.05) is 12.3 Å². The summed E-state index contributed by atoms with van der Waals surface area (Å²) < 4.78 is 45.4. The van der Waals surface area contributed by atoms with E-state index >= 15 is 0 Å².